The summed E-state index contributed by atoms with van der Waals surface area (Å²) in [7, 11) is 1.50. The van der Waals surface area contributed by atoms with Gasteiger partial charge in [-0.3, -0.25) is 0 Å². The van der Waals surface area contributed by atoms with Crippen molar-refractivity contribution < 1.29 is 9.21 Å². The van der Waals surface area contributed by atoms with Gasteiger partial charge in [0.1, 0.15) is 11.4 Å². The van der Waals surface area contributed by atoms with Gasteiger partial charge >= 0.3 is 5.63 Å². The van der Waals surface area contributed by atoms with Crippen LogP contribution in [0.5, 0.6) is 0 Å². The molecule has 1 aromatic heterocycles. The van der Waals surface area contributed by atoms with Crippen LogP contribution in [0.2, 0.25) is 0 Å². The number of fused-ring (bicyclic) bond motifs is 1. The maximum Gasteiger partial charge on any atom is 0.336 e. The van der Waals surface area contributed by atoms with Crippen molar-refractivity contribution in [2.45, 2.75) is 33.6 Å². The largest absolute Gasteiger partial charge is 0.423 e. The highest BCUT2D eigenvalue weighted by Gasteiger charge is 1.99. The predicted octanol–water partition coefficient (Wildman–Crippen LogP) is 3.07. The third-order valence-corrected chi connectivity index (χ3v) is 3.43. The first-order valence-electron chi connectivity index (χ1n) is 8.35. The molecule has 2 rings (SSSR count). The molecule has 0 amide bonds. The molecule has 0 radical (unpaired) electrons. The van der Waals surface area contributed by atoms with Crippen LogP contribution in [0.1, 0.15) is 33.6 Å². The van der Waals surface area contributed by atoms with E-state index in [0.29, 0.717) is 11.4 Å². The van der Waals surface area contributed by atoms with Gasteiger partial charge in [0, 0.05) is 17.9 Å². The van der Waals surface area contributed by atoms with Gasteiger partial charge in [-0.05, 0) is 52.2 Å². The minimum atomic E-state index is -0.302. The van der Waals surface area contributed by atoms with E-state index in [0.717, 1.165) is 37.9 Å². The van der Waals surface area contributed by atoms with Crippen LogP contribution in [0.25, 0.3) is 11.0 Å². The minimum absolute atomic E-state index is 0.302. The summed E-state index contributed by atoms with van der Waals surface area (Å²) in [5.74, 6) is 0.303. The van der Waals surface area contributed by atoms with E-state index < -0.39 is 0 Å². The molecule has 2 N–H and O–H groups in total. The second-order valence-electron chi connectivity index (χ2n) is 5.12. The molecule has 5 heteroatoms. The van der Waals surface area contributed by atoms with Crippen LogP contribution >= 0.6 is 0 Å². The molecule has 0 saturated carbocycles. The molecule has 0 saturated heterocycles. The zero-order valence-corrected chi connectivity index (χ0v) is 15.2. The first-order chi connectivity index (χ1) is 11.6. The first-order valence-corrected chi connectivity index (χ1v) is 8.35. The maximum absolute atomic E-state index is 10.7. The van der Waals surface area contributed by atoms with E-state index in [1.165, 1.54) is 13.1 Å². The molecule has 1 heterocycles. The lowest BCUT2D eigenvalue weighted by Gasteiger charge is -2.16. The Labute approximate surface area is 144 Å². The van der Waals surface area contributed by atoms with Crippen molar-refractivity contribution in [3.8, 4) is 0 Å². The van der Waals surface area contributed by atoms with Gasteiger partial charge in [0.05, 0.1) is 0 Å². The predicted molar refractivity (Wildman–Crippen MR) is 100 cm³/mol. The summed E-state index contributed by atoms with van der Waals surface area (Å²) in [5, 5.41) is 0.951. The van der Waals surface area contributed by atoms with Crippen molar-refractivity contribution in [3.63, 3.8) is 0 Å². The quantitative estimate of drug-likeness (QED) is 0.822. The topological polar surface area (TPSA) is 76.5 Å². The monoisotopic (exact) mass is 334 g/mol. The number of hydrogen-bond donors (Lipinski definition) is 1. The molecule has 0 aliphatic heterocycles. The Balaban J connectivity index is 0.000000400. The summed E-state index contributed by atoms with van der Waals surface area (Å²) in [4.78, 5) is 23.6. The van der Waals surface area contributed by atoms with Crippen LogP contribution in [0.3, 0.4) is 0 Å². The summed E-state index contributed by atoms with van der Waals surface area (Å²) in [5.41, 5.74) is 4.84. The van der Waals surface area contributed by atoms with E-state index in [-0.39, 0.29) is 5.63 Å². The molecule has 2 aromatic rings. The molecule has 0 unspecified atom stereocenters. The summed E-state index contributed by atoms with van der Waals surface area (Å²) in [6, 6.07) is 10.6. The number of Topliss-reactive ketones (excluding diaryl/α,β-unsaturated/α-hetero) is 1. The van der Waals surface area contributed by atoms with E-state index in [9.17, 15) is 9.59 Å². The van der Waals surface area contributed by atoms with Gasteiger partial charge in [0.15, 0.2) is 0 Å². The van der Waals surface area contributed by atoms with E-state index in [4.69, 9.17) is 4.42 Å². The number of nitrogens with zero attached hydrogens (tertiary/aromatic N) is 1. The highest BCUT2D eigenvalue weighted by Crippen LogP contribution is 2.08. The second-order valence-corrected chi connectivity index (χ2v) is 5.12. The summed E-state index contributed by atoms with van der Waals surface area (Å²) >= 11 is 0. The molecule has 0 bridgehead atoms. The van der Waals surface area contributed by atoms with Gasteiger partial charge in [0.2, 0.25) is 0 Å². The fourth-order valence-corrected chi connectivity index (χ4v) is 2.10. The van der Waals surface area contributed by atoms with Crippen molar-refractivity contribution >= 4 is 16.8 Å². The number of ketones is 1. The molecule has 5 nitrogen and oxygen atoms in total. The SMILES string of the molecule is CCN(CC)CCCC(C)=O.CN.O=c1ccc2ccccc2o1. The Morgan fingerprint density at radius 3 is 2.29 bits per heavy atom. The Morgan fingerprint density at radius 2 is 1.71 bits per heavy atom. The number of rotatable bonds is 6. The number of carbonyl (C=O) groups excluding carboxylic acids is 1. The third kappa shape index (κ3) is 9.22. The second kappa shape index (κ2) is 13.5. The lowest BCUT2D eigenvalue weighted by molar-refractivity contribution is -0.117. The Morgan fingerprint density at radius 1 is 1.08 bits per heavy atom. The highest BCUT2D eigenvalue weighted by atomic mass is 16.4. The third-order valence-electron chi connectivity index (χ3n) is 3.43. The molecular formula is C19H30N2O3. The van der Waals surface area contributed by atoms with Gasteiger partial charge in [0.25, 0.3) is 0 Å². The molecule has 1 aromatic carbocycles. The van der Waals surface area contributed by atoms with Gasteiger partial charge in [-0.15, -0.1) is 0 Å². The van der Waals surface area contributed by atoms with Crippen LogP contribution in [0.4, 0.5) is 0 Å². The molecule has 24 heavy (non-hydrogen) atoms. The smallest absolute Gasteiger partial charge is 0.336 e. The Hall–Kier alpha value is -1.98. The summed E-state index contributed by atoms with van der Waals surface area (Å²) in [6.45, 7) is 9.20. The fraction of sp³-hybridized carbons (Fsp3) is 0.474. The summed E-state index contributed by atoms with van der Waals surface area (Å²) < 4.78 is 4.91. The summed E-state index contributed by atoms with van der Waals surface area (Å²) in [6.07, 6.45) is 1.74. The van der Waals surface area contributed by atoms with Crippen LogP contribution in [-0.4, -0.2) is 37.4 Å². The molecular weight excluding hydrogens is 304 g/mol. The standard InChI is InChI=1S/C9H19NO.C9H6O2.CH5N/c1-4-10(5-2)8-6-7-9(3)11;10-9-6-5-7-3-1-2-4-8(7)11-9;1-2/h4-8H2,1-3H3;1-6H;2H2,1H3. The van der Waals surface area contributed by atoms with Gasteiger partial charge in [-0.25, -0.2) is 4.79 Å². The van der Waals surface area contributed by atoms with Gasteiger partial charge < -0.3 is 19.8 Å². The van der Waals surface area contributed by atoms with E-state index >= 15 is 0 Å². The minimum Gasteiger partial charge on any atom is -0.423 e. The van der Waals surface area contributed by atoms with Gasteiger partial charge in [-0.2, -0.15) is 0 Å². The van der Waals surface area contributed by atoms with Crippen molar-refractivity contribution in [1.82, 2.24) is 4.90 Å². The molecule has 0 spiro atoms. The lowest BCUT2D eigenvalue weighted by atomic mass is 10.2. The fourth-order valence-electron chi connectivity index (χ4n) is 2.10. The zero-order chi connectivity index (χ0) is 18.4. The zero-order valence-electron chi connectivity index (χ0n) is 15.2. The average Bonchev–Trinajstić information content (AvgIpc) is 2.61. The normalized spacial score (nSPS) is 9.75. The van der Waals surface area contributed by atoms with E-state index in [2.05, 4.69) is 24.5 Å². The van der Waals surface area contributed by atoms with Crippen molar-refractivity contribution in [2.75, 3.05) is 26.7 Å². The lowest BCUT2D eigenvalue weighted by Crippen LogP contribution is -2.24. The van der Waals surface area contributed by atoms with Crippen molar-refractivity contribution in [3.05, 3.63) is 46.8 Å². The average molecular weight is 334 g/mol. The van der Waals surface area contributed by atoms with Crippen LogP contribution in [0.15, 0.2) is 45.6 Å². The van der Waals surface area contributed by atoms with Crippen LogP contribution in [0, 0.1) is 0 Å². The van der Waals surface area contributed by atoms with Crippen LogP contribution < -0.4 is 11.4 Å². The highest BCUT2D eigenvalue weighted by molar-refractivity contribution is 5.75. The molecule has 0 aliphatic rings. The molecule has 0 fully saturated rings. The number of carbonyl (C=O) groups is 1. The Bertz CT molecular complexity index is 634. The molecule has 0 aliphatic carbocycles. The van der Waals surface area contributed by atoms with Gasteiger partial charge in [-0.1, -0.05) is 32.0 Å². The van der Waals surface area contributed by atoms with E-state index in [1.54, 1.807) is 19.1 Å². The molecule has 0 atom stereocenters. The Kier molecular flexibility index (Phi) is 12.3. The van der Waals surface area contributed by atoms with Crippen molar-refractivity contribution in [2.24, 2.45) is 5.73 Å². The van der Waals surface area contributed by atoms with Crippen LogP contribution in [-0.2, 0) is 4.79 Å². The number of hydrogen-bond acceptors (Lipinski definition) is 5. The number of para-hydroxylation sites is 1. The molecule has 134 valence electrons. The number of nitrogens with two attached hydrogens (primary N) is 1. The van der Waals surface area contributed by atoms with E-state index in [1.807, 2.05) is 18.2 Å². The first kappa shape index (κ1) is 22.0. The number of benzene rings is 1. The maximum atomic E-state index is 10.7. The van der Waals surface area contributed by atoms with Crippen molar-refractivity contribution in [1.29, 1.82) is 0 Å².